The summed E-state index contributed by atoms with van der Waals surface area (Å²) in [6.45, 7) is 8.97. The Morgan fingerprint density at radius 3 is 2.55 bits per heavy atom. The summed E-state index contributed by atoms with van der Waals surface area (Å²) >= 11 is 12.7. The number of ether oxygens (including phenoxy) is 1. The first-order valence-corrected chi connectivity index (χ1v) is 12.7. The third-order valence-electron chi connectivity index (χ3n) is 7.35. The maximum atomic E-state index is 14.3. The molecule has 5 unspecified atom stereocenters. The second kappa shape index (κ2) is 10.2. The van der Waals surface area contributed by atoms with Gasteiger partial charge in [0.25, 0.3) is 0 Å². The summed E-state index contributed by atoms with van der Waals surface area (Å²) in [5.41, 5.74) is 1.70. The fourth-order valence-electron chi connectivity index (χ4n) is 5.80. The zero-order chi connectivity index (χ0) is 23.6. The Kier molecular flexibility index (Phi) is 7.53. The van der Waals surface area contributed by atoms with Crippen LogP contribution in [0.1, 0.15) is 69.0 Å². The Morgan fingerprint density at radius 1 is 1.18 bits per heavy atom. The maximum Gasteiger partial charge on any atom is 0.229 e. The lowest BCUT2D eigenvalue weighted by Gasteiger charge is -2.53. The van der Waals surface area contributed by atoms with Crippen LogP contribution in [-0.2, 0) is 9.53 Å². The maximum absolute atomic E-state index is 14.3. The van der Waals surface area contributed by atoms with Crippen LogP contribution in [0.25, 0.3) is 0 Å². The highest BCUT2D eigenvalue weighted by Gasteiger charge is 2.52. The third kappa shape index (κ3) is 4.87. The molecule has 0 saturated carbocycles. The van der Waals surface area contributed by atoms with E-state index in [1.165, 1.54) is 0 Å². The van der Waals surface area contributed by atoms with E-state index in [0.717, 1.165) is 43.4 Å². The second-order valence-corrected chi connectivity index (χ2v) is 10.5. The minimum atomic E-state index is -0.538. The van der Waals surface area contributed by atoms with E-state index < -0.39 is 5.41 Å². The molecule has 0 bridgehead atoms. The molecule has 3 nitrogen and oxygen atoms in total. The van der Waals surface area contributed by atoms with E-state index in [0.29, 0.717) is 16.5 Å². The van der Waals surface area contributed by atoms with Gasteiger partial charge in [0.2, 0.25) is 5.91 Å². The number of piperidine rings is 1. The smallest absolute Gasteiger partial charge is 0.229 e. The van der Waals surface area contributed by atoms with E-state index in [4.69, 9.17) is 27.9 Å². The number of rotatable bonds is 7. The van der Waals surface area contributed by atoms with E-state index in [1.54, 1.807) is 0 Å². The first-order valence-electron chi connectivity index (χ1n) is 11.9. The van der Waals surface area contributed by atoms with Gasteiger partial charge in [-0.15, -0.1) is 6.58 Å². The van der Waals surface area contributed by atoms with Crippen molar-refractivity contribution in [3.63, 3.8) is 0 Å². The Bertz CT molecular complexity index is 986. The minimum absolute atomic E-state index is 0.00630. The lowest BCUT2D eigenvalue weighted by molar-refractivity contribution is -0.158. The third-order valence-corrected chi connectivity index (χ3v) is 7.84. The van der Waals surface area contributed by atoms with Gasteiger partial charge in [0.1, 0.15) is 0 Å². The average Bonchev–Trinajstić information content (AvgIpc) is 3.33. The standard InChI is InChI=1S/C28H33Cl2NO2/c1-4-15-28(3)18-23(20-8-6-9-22(30)17-20)26(19-11-13-21(29)14-12-19)31(27(28)32)24(5-2)25-10-7-16-33-25/h4,6,8-9,11-14,17,23-26H,1,5,7,10,15-16,18H2,2-3H3. The van der Waals surface area contributed by atoms with Crippen molar-refractivity contribution in [2.75, 3.05) is 6.61 Å². The van der Waals surface area contributed by atoms with Crippen LogP contribution >= 0.6 is 23.2 Å². The van der Waals surface area contributed by atoms with Gasteiger partial charge in [-0.1, -0.05) is 67.4 Å². The van der Waals surface area contributed by atoms with Crippen molar-refractivity contribution in [3.8, 4) is 0 Å². The molecule has 5 atom stereocenters. The molecule has 2 saturated heterocycles. The first kappa shape index (κ1) is 24.3. The fourth-order valence-corrected chi connectivity index (χ4v) is 6.12. The number of carbonyl (C=O) groups is 1. The number of benzene rings is 2. The zero-order valence-electron chi connectivity index (χ0n) is 19.5. The van der Waals surface area contributed by atoms with Crippen molar-refractivity contribution in [2.45, 2.75) is 70.1 Å². The van der Waals surface area contributed by atoms with Crippen LogP contribution in [0.3, 0.4) is 0 Å². The molecule has 2 aliphatic rings. The van der Waals surface area contributed by atoms with Crippen molar-refractivity contribution in [3.05, 3.63) is 82.4 Å². The molecule has 0 N–H and O–H groups in total. The van der Waals surface area contributed by atoms with Gasteiger partial charge >= 0.3 is 0 Å². The average molecular weight is 486 g/mol. The lowest BCUT2D eigenvalue weighted by atomic mass is 9.66. The summed E-state index contributed by atoms with van der Waals surface area (Å²) in [7, 11) is 0. The Labute approximate surface area is 207 Å². The number of allylic oxidation sites excluding steroid dienone is 1. The molecule has 0 spiro atoms. The molecular weight excluding hydrogens is 453 g/mol. The largest absolute Gasteiger partial charge is 0.376 e. The molecular formula is C28H33Cl2NO2. The van der Waals surface area contributed by atoms with Crippen molar-refractivity contribution < 1.29 is 9.53 Å². The number of carbonyl (C=O) groups excluding carboxylic acids is 1. The van der Waals surface area contributed by atoms with E-state index in [2.05, 4.69) is 43.5 Å². The summed E-state index contributed by atoms with van der Waals surface area (Å²) in [5.74, 6) is 0.269. The minimum Gasteiger partial charge on any atom is -0.376 e. The molecule has 2 fully saturated rings. The van der Waals surface area contributed by atoms with E-state index >= 15 is 0 Å². The number of amides is 1. The quantitative estimate of drug-likeness (QED) is 0.378. The van der Waals surface area contributed by atoms with Gasteiger partial charge < -0.3 is 9.64 Å². The predicted octanol–water partition coefficient (Wildman–Crippen LogP) is 7.59. The van der Waals surface area contributed by atoms with Crippen LogP contribution in [0, 0.1) is 5.41 Å². The van der Waals surface area contributed by atoms with Crippen molar-refractivity contribution in [1.82, 2.24) is 4.90 Å². The Balaban J connectivity index is 1.89. The van der Waals surface area contributed by atoms with E-state index in [1.807, 2.05) is 36.4 Å². The number of hydrogen-bond donors (Lipinski definition) is 0. The second-order valence-electron chi connectivity index (χ2n) is 9.65. The molecule has 0 radical (unpaired) electrons. The molecule has 2 aliphatic heterocycles. The van der Waals surface area contributed by atoms with Crippen molar-refractivity contribution in [1.29, 1.82) is 0 Å². The Morgan fingerprint density at radius 2 is 1.94 bits per heavy atom. The van der Waals surface area contributed by atoms with Gasteiger partial charge in [-0.25, -0.2) is 0 Å². The van der Waals surface area contributed by atoms with Crippen LogP contribution in [0.2, 0.25) is 10.0 Å². The summed E-state index contributed by atoms with van der Waals surface area (Å²) in [5, 5.41) is 1.40. The highest BCUT2D eigenvalue weighted by molar-refractivity contribution is 6.30. The van der Waals surface area contributed by atoms with Crippen LogP contribution in [-0.4, -0.2) is 29.6 Å². The highest BCUT2D eigenvalue weighted by atomic mass is 35.5. The normalized spacial score (nSPS) is 28.7. The molecule has 2 aromatic rings. The lowest BCUT2D eigenvalue weighted by Crippen LogP contribution is -2.58. The molecule has 4 rings (SSSR count). The topological polar surface area (TPSA) is 29.5 Å². The Hall–Kier alpha value is -1.81. The SMILES string of the molecule is C=CCC1(C)CC(c2cccc(Cl)c2)C(c2ccc(Cl)cc2)N(C(CC)C2CCCO2)C1=O. The van der Waals surface area contributed by atoms with Crippen LogP contribution in [0.5, 0.6) is 0 Å². The fraction of sp³-hybridized carbons (Fsp3) is 0.464. The molecule has 0 aromatic heterocycles. The zero-order valence-corrected chi connectivity index (χ0v) is 21.0. The number of likely N-dealkylation sites (tertiary alicyclic amines) is 1. The molecule has 2 heterocycles. The molecule has 33 heavy (non-hydrogen) atoms. The van der Waals surface area contributed by atoms with Gasteiger partial charge in [0, 0.05) is 22.6 Å². The molecule has 176 valence electrons. The van der Waals surface area contributed by atoms with Crippen LogP contribution in [0.15, 0.2) is 61.2 Å². The molecule has 0 aliphatic carbocycles. The summed E-state index contributed by atoms with van der Waals surface area (Å²) in [4.78, 5) is 16.4. The van der Waals surface area contributed by atoms with Gasteiger partial charge in [-0.3, -0.25) is 4.79 Å². The summed E-state index contributed by atoms with van der Waals surface area (Å²) < 4.78 is 6.14. The predicted molar refractivity (Wildman–Crippen MR) is 136 cm³/mol. The molecule has 2 aromatic carbocycles. The van der Waals surface area contributed by atoms with E-state index in [9.17, 15) is 4.79 Å². The van der Waals surface area contributed by atoms with Gasteiger partial charge in [0.05, 0.1) is 23.6 Å². The molecule has 1 amide bonds. The monoisotopic (exact) mass is 485 g/mol. The van der Waals surface area contributed by atoms with Crippen LogP contribution < -0.4 is 0 Å². The number of halogens is 2. The van der Waals surface area contributed by atoms with Gasteiger partial charge in [-0.05, 0) is 67.5 Å². The number of nitrogens with zero attached hydrogens (tertiary/aromatic N) is 1. The van der Waals surface area contributed by atoms with Gasteiger partial charge in [0.15, 0.2) is 0 Å². The van der Waals surface area contributed by atoms with E-state index in [-0.39, 0.29) is 30.0 Å². The number of hydrogen-bond acceptors (Lipinski definition) is 2. The highest BCUT2D eigenvalue weighted by Crippen LogP contribution is 2.52. The molecule has 5 heteroatoms. The summed E-state index contributed by atoms with van der Waals surface area (Å²) in [6, 6.07) is 15.9. The summed E-state index contributed by atoms with van der Waals surface area (Å²) in [6.07, 6.45) is 6.15. The van der Waals surface area contributed by atoms with Crippen molar-refractivity contribution in [2.24, 2.45) is 5.41 Å². The van der Waals surface area contributed by atoms with Crippen molar-refractivity contribution >= 4 is 29.1 Å². The van der Waals surface area contributed by atoms with Crippen LogP contribution in [0.4, 0.5) is 0 Å². The van der Waals surface area contributed by atoms with Gasteiger partial charge in [-0.2, -0.15) is 0 Å². The first-order chi connectivity index (χ1) is 15.9.